The first-order chi connectivity index (χ1) is 7.15. The fourth-order valence-electron chi connectivity index (χ4n) is 2.37. The van der Waals surface area contributed by atoms with Gasteiger partial charge in [0.2, 0.25) is 0 Å². The first kappa shape index (κ1) is 10.2. The number of hydrogen-bond donors (Lipinski definition) is 1. The zero-order valence-corrected chi connectivity index (χ0v) is 9.10. The Morgan fingerprint density at radius 1 is 1.53 bits per heavy atom. The second-order valence-corrected chi connectivity index (χ2v) is 4.00. The highest BCUT2D eigenvalue weighted by Crippen LogP contribution is 2.28. The highest BCUT2D eigenvalue weighted by Gasteiger charge is 2.26. The van der Waals surface area contributed by atoms with Gasteiger partial charge >= 0.3 is 5.97 Å². The van der Waals surface area contributed by atoms with Crippen molar-refractivity contribution in [2.24, 2.45) is 0 Å². The molecule has 0 fully saturated rings. The molecule has 4 heteroatoms. The molecule has 1 aromatic rings. The fraction of sp³-hybridized carbons (Fsp3) is 0.545. The Bertz CT molecular complexity index is 384. The Labute approximate surface area is 89.1 Å². The van der Waals surface area contributed by atoms with Crippen molar-refractivity contribution in [3.63, 3.8) is 0 Å². The molecule has 1 unspecified atom stereocenters. The molecule has 0 amide bonds. The Kier molecular flexibility index (Phi) is 2.52. The molecule has 15 heavy (non-hydrogen) atoms. The van der Waals surface area contributed by atoms with Crippen molar-refractivity contribution >= 4 is 5.97 Å². The minimum Gasteiger partial charge on any atom is -0.477 e. The quantitative estimate of drug-likeness (QED) is 0.802. The summed E-state index contributed by atoms with van der Waals surface area (Å²) in [7, 11) is 2.09. The van der Waals surface area contributed by atoms with Crippen molar-refractivity contribution in [1.29, 1.82) is 0 Å². The molecular weight excluding hydrogens is 192 g/mol. The third-order valence-corrected chi connectivity index (χ3v) is 3.17. The van der Waals surface area contributed by atoms with Gasteiger partial charge in [-0.25, -0.2) is 4.79 Å². The molecule has 0 saturated carbocycles. The summed E-state index contributed by atoms with van der Waals surface area (Å²) in [5.74, 6) is -0.833. The van der Waals surface area contributed by atoms with Crippen molar-refractivity contribution in [1.82, 2.24) is 9.47 Å². The molecule has 1 aliphatic rings. The number of carbonyl (C=O) groups is 1. The molecule has 0 saturated heterocycles. The van der Waals surface area contributed by atoms with Gasteiger partial charge in [-0.1, -0.05) is 6.92 Å². The minimum atomic E-state index is -0.833. The van der Waals surface area contributed by atoms with E-state index in [0.29, 0.717) is 11.7 Å². The zero-order valence-electron chi connectivity index (χ0n) is 9.10. The van der Waals surface area contributed by atoms with Crippen molar-refractivity contribution in [3.8, 4) is 0 Å². The summed E-state index contributed by atoms with van der Waals surface area (Å²) in [5.41, 5.74) is 1.54. The van der Waals surface area contributed by atoms with Crippen LogP contribution in [0, 0.1) is 0 Å². The molecule has 0 aliphatic carbocycles. The van der Waals surface area contributed by atoms with Crippen LogP contribution >= 0.6 is 0 Å². The SMILES string of the molecule is CCC1c2ccc(C(=O)O)n2CCN1C. The van der Waals surface area contributed by atoms with Gasteiger partial charge < -0.3 is 9.67 Å². The van der Waals surface area contributed by atoms with Gasteiger partial charge in [0.25, 0.3) is 0 Å². The molecular formula is C11H16N2O2. The first-order valence-corrected chi connectivity index (χ1v) is 5.28. The maximum atomic E-state index is 11.0. The summed E-state index contributed by atoms with van der Waals surface area (Å²) < 4.78 is 1.93. The van der Waals surface area contributed by atoms with E-state index in [1.165, 1.54) is 0 Å². The Balaban J connectivity index is 2.44. The molecule has 4 nitrogen and oxygen atoms in total. The van der Waals surface area contributed by atoms with Crippen LogP contribution in [0.3, 0.4) is 0 Å². The lowest BCUT2D eigenvalue weighted by Gasteiger charge is -2.33. The van der Waals surface area contributed by atoms with E-state index in [9.17, 15) is 4.79 Å². The lowest BCUT2D eigenvalue weighted by molar-refractivity contribution is 0.0679. The smallest absolute Gasteiger partial charge is 0.352 e. The maximum absolute atomic E-state index is 11.0. The Morgan fingerprint density at radius 3 is 2.87 bits per heavy atom. The normalized spacial score (nSPS) is 21.3. The standard InChI is InChI=1S/C11H16N2O2/c1-3-8-9-4-5-10(11(14)15)13(9)7-6-12(8)2/h4-5,8H,3,6-7H2,1-2H3,(H,14,15). The zero-order chi connectivity index (χ0) is 11.0. The third-order valence-electron chi connectivity index (χ3n) is 3.17. The van der Waals surface area contributed by atoms with Crippen LogP contribution < -0.4 is 0 Å². The molecule has 0 spiro atoms. The molecule has 82 valence electrons. The number of hydrogen-bond acceptors (Lipinski definition) is 2. The van der Waals surface area contributed by atoms with Crippen molar-refractivity contribution in [2.45, 2.75) is 25.9 Å². The fourth-order valence-corrected chi connectivity index (χ4v) is 2.37. The van der Waals surface area contributed by atoms with Crippen LogP contribution in [0.25, 0.3) is 0 Å². The molecule has 2 rings (SSSR count). The van der Waals surface area contributed by atoms with Crippen LogP contribution in [-0.2, 0) is 6.54 Å². The van der Waals surface area contributed by atoms with Crippen LogP contribution in [-0.4, -0.2) is 34.1 Å². The molecule has 0 radical (unpaired) electrons. The lowest BCUT2D eigenvalue weighted by Crippen LogP contribution is -2.35. The van der Waals surface area contributed by atoms with Gasteiger partial charge in [-0.15, -0.1) is 0 Å². The van der Waals surface area contributed by atoms with Crippen molar-refractivity contribution < 1.29 is 9.90 Å². The van der Waals surface area contributed by atoms with E-state index in [2.05, 4.69) is 18.9 Å². The number of likely N-dealkylation sites (N-methyl/N-ethyl adjacent to an activating group) is 1. The average Bonchev–Trinajstić information content (AvgIpc) is 2.61. The van der Waals surface area contributed by atoms with Crippen LogP contribution in [0.4, 0.5) is 0 Å². The molecule has 1 N–H and O–H groups in total. The molecule has 0 bridgehead atoms. The molecule has 0 aromatic carbocycles. The Hall–Kier alpha value is -1.29. The predicted octanol–water partition coefficient (Wildman–Crippen LogP) is 1.58. The average molecular weight is 208 g/mol. The number of nitrogens with zero attached hydrogens (tertiary/aromatic N) is 2. The summed E-state index contributed by atoms with van der Waals surface area (Å²) in [6.45, 7) is 3.82. The molecule has 2 heterocycles. The molecule has 1 aliphatic heterocycles. The summed E-state index contributed by atoms with van der Waals surface area (Å²) in [6, 6.07) is 4.00. The third kappa shape index (κ3) is 1.55. The van der Waals surface area contributed by atoms with Gasteiger partial charge in [0.15, 0.2) is 0 Å². The van der Waals surface area contributed by atoms with Crippen LogP contribution in [0.15, 0.2) is 12.1 Å². The first-order valence-electron chi connectivity index (χ1n) is 5.28. The summed E-state index contributed by atoms with van der Waals surface area (Å²) >= 11 is 0. The Morgan fingerprint density at radius 2 is 2.27 bits per heavy atom. The number of fused-ring (bicyclic) bond motifs is 1. The predicted molar refractivity (Wildman–Crippen MR) is 57.1 cm³/mol. The van der Waals surface area contributed by atoms with E-state index < -0.39 is 5.97 Å². The summed E-state index contributed by atoms with van der Waals surface area (Å²) in [6.07, 6.45) is 1.01. The maximum Gasteiger partial charge on any atom is 0.352 e. The number of aromatic nitrogens is 1. The van der Waals surface area contributed by atoms with Crippen molar-refractivity contribution in [2.75, 3.05) is 13.6 Å². The van der Waals surface area contributed by atoms with Gasteiger partial charge in [-0.3, -0.25) is 4.90 Å². The number of carboxylic acid groups (broad SMARTS) is 1. The monoisotopic (exact) mass is 208 g/mol. The van der Waals surface area contributed by atoms with E-state index in [0.717, 1.165) is 25.2 Å². The number of rotatable bonds is 2. The second-order valence-electron chi connectivity index (χ2n) is 4.00. The van der Waals surface area contributed by atoms with Gasteiger partial charge in [-0.2, -0.15) is 0 Å². The van der Waals surface area contributed by atoms with Crippen LogP contribution in [0.1, 0.15) is 35.6 Å². The summed E-state index contributed by atoms with van der Waals surface area (Å²) in [5, 5.41) is 9.02. The van der Waals surface area contributed by atoms with E-state index in [1.54, 1.807) is 6.07 Å². The van der Waals surface area contributed by atoms with E-state index >= 15 is 0 Å². The number of aromatic carboxylic acids is 1. The van der Waals surface area contributed by atoms with E-state index in [4.69, 9.17) is 5.11 Å². The molecule has 1 atom stereocenters. The van der Waals surface area contributed by atoms with Gasteiger partial charge in [0.05, 0.1) is 0 Å². The molecule has 1 aromatic heterocycles. The van der Waals surface area contributed by atoms with E-state index in [-0.39, 0.29) is 0 Å². The minimum absolute atomic E-state index is 0.354. The topological polar surface area (TPSA) is 45.5 Å². The number of carboxylic acids is 1. The largest absolute Gasteiger partial charge is 0.477 e. The lowest BCUT2D eigenvalue weighted by atomic mass is 10.1. The second kappa shape index (κ2) is 3.70. The van der Waals surface area contributed by atoms with Crippen LogP contribution in [0.5, 0.6) is 0 Å². The van der Waals surface area contributed by atoms with Gasteiger partial charge in [0.1, 0.15) is 5.69 Å². The highest BCUT2D eigenvalue weighted by molar-refractivity contribution is 5.86. The van der Waals surface area contributed by atoms with E-state index in [1.807, 2.05) is 10.6 Å². The van der Waals surface area contributed by atoms with Crippen LogP contribution in [0.2, 0.25) is 0 Å². The summed E-state index contributed by atoms with van der Waals surface area (Å²) in [4.78, 5) is 13.3. The van der Waals surface area contributed by atoms with Crippen molar-refractivity contribution in [3.05, 3.63) is 23.5 Å². The van der Waals surface area contributed by atoms with Gasteiger partial charge in [0, 0.05) is 24.8 Å². The van der Waals surface area contributed by atoms with Gasteiger partial charge in [-0.05, 0) is 25.6 Å². The highest BCUT2D eigenvalue weighted by atomic mass is 16.4.